The third kappa shape index (κ3) is 20.6. The molecule has 0 rings (SSSR count). The third-order valence-electron chi connectivity index (χ3n) is 3.19. The first-order chi connectivity index (χ1) is 13.5. The van der Waals surface area contributed by atoms with Crippen molar-refractivity contribution in [3.63, 3.8) is 0 Å². The highest BCUT2D eigenvalue weighted by Crippen LogP contribution is 1.91. The van der Waals surface area contributed by atoms with Gasteiger partial charge < -0.3 is 35.9 Å². The smallest absolute Gasteiger partial charge is 0.240 e. The first kappa shape index (κ1) is 28.5. The van der Waals surface area contributed by atoms with Gasteiger partial charge in [-0.05, 0) is 13.5 Å². The molecule has 0 aromatic rings. The number of nitrogens with two attached hydrogens (primary N) is 1. The maximum absolute atomic E-state index is 11.6. The summed E-state index contributed by atoms with van der Waals surface area (Å²) in [6, 6.07) is -0.789. The van der Waals surface area contributed by atoms with Crippen LogP contribution in [0.2, 0.25) is 0 Å². The van der Waals surface area contributed by atoms with Crippen LogP contribution in [0.25, 0.3) is 0 Å². The number of likely N-dealkylation sites (N-methyl/N-ethyl adjacent to an activating group) is 1. The van der Waals surface area contributed by atoms with Crippen molar-refractivity contribution in [1.29, 1.82) is 0 Å². The van der Waals surface area contributed by atoms with E-state index < -0.39 is 11.9 Å². The molecule has 0 spiro atoms. The van der Waals surface area contributed by atoms with Gasteiger partial charge in [0.2, 0.25) is 17.7 Å². The normalized spacial score (nSPS) is 11.1. The Balaban J connectivity index is 0. The minimum atomic E-state index is -0.789. The van der Waals surface area contributed by atoms with E-state index in [0.29, 0.717) is 33.0 Å². The van der Waals surface area contributed by atoms with Crippen LogP contribution in [0.5, 0.6) is 0 Å². The summed E-state index contributed by atoms with van der Waals surface area (Å²) in [6.07, 6.45) is 0.445. The lowest BCUT2D eigenvalue weighted by molar-refractivity contribution is -0.126. The van der Waals surface area contributed by atoms with Crippen molar-refractivity contribution in [1.82, 2.24) is 16.0 Å². The lowest BCUT2D eigenvalue weighted by atomic mass is 10.2. The highest BCUT2D eigenvalue weighted by molar-refractivity contribution is 5.85. The molecule has 0 aliphatic carbocycles. The summed E-state index contributed by atoms with van der Waals surface area (Å²) < 4.78 is 15.9. The quantitative estimate of drug-likeness (QED) is 0.231. The van der Waals surface area contributed by atoms with Crippen LogP contribution < -0.4 is 21.7 Å². The Labute approximate surface area is 168 Å². The molecule has 28 heavy (non-hydrogen) atoms. The first-order valence-corrected chi connectivity index (χ1v) is 9.68. The van der Waals surface area contributed by atoms with Crippen molar-refractivity contribution in [3.05, 3.63) is 0 Å². The number of amides is 3. The number of rotatable bonds is 17. The third-order valence-corrected chi connectivity index (χ3v) is 3.19. The van der Waals surface area contributed by atoms with Gasteiger partial charge in [-0.15, -0.1) is 0 Å². The van der Waals surface area contributed by atoms with Crippen molar-refractivity contribution in [2.75, 3.05) is 59.8 Å². The summed E-state index contributed by atoms with van der Waals surface area (Å²) in [5.41, 5.74) is 5.17. The molecule has 0 radical (unpaired) electrons. The van der Waals surface area contributed by atoms with Crippen molar-refractivity contribution < 1.29 is 28.6 Å². The lowest BCUT2D eigenvalue weighted by Crippen LogP contribution is -2.45. The molecular weight excluding hydrogens is 368 g/mol. The minimum absolute atomic E-state index is 0.199. The van der Waals surface area contributed by atoms with Crippen LogP contribution in [0.3, 0.4) is 0 Å². The second-order valence-corrected chi connectivity index (χ2v) is 5.48. The van der Waals surface area contributed by atoms with Crippen LogP contribution in [0.15, 0.2) is 0 Å². The number of carbonyl (C=O) groups is 3. The van der Waals surface area contributed by atoms with E-state index in [1.165, 1.54) is 6.92 Å². The van der Waals surface area contributed by atoms with Crippen LogP contribution in [-0.4, -0.2) is 83.5 Å². The molecule has 0 heterocycles. The standard InChI is InChI=1S/C16H32N4O6.C2H6/c1-13(21)20-14(16(17)23)3-5-19-15(22)4-7-24-9-11-26-12-10-25-8-6-18-2;1-2/h14,18H,3-12H2,1-2H3,(H2,17,23)(H,19,22)(H,20,21);1-2H3. The number of carbonyl (C=O) groups excluding carboxylic acids is 3. The van der Waals surface area contributed by atoms with Gasteiger partial charge in [-0.1, -0.05) is 13.8 Å². The molecule has 0 aliphatic heterocycles. The highest BCUT2D eigenvalue weighted by Gasteiger charge is 2.15. The van der Waals surface area contributed by atoms with Gasteiger partial charge in [0.05, 0.1) is 39.6 Å². The van der Waals surface area contributed by atoms with Crippen molar-refractivity contribution in [2.45, 2.75) is 39.7 Å². The van der Waals surface area contributed by atoms with Gasteiger partial charge in [0.25, 0.3) is 0 Å². The predicted octanol–water partition coefficient (Wildman–Crippen LogP) is -0.832. The molecule has 166 valence electrons. The Morgan fingerprint density at radius 1 is 0.893 bits per heavy atom. The maximum atomic E-state index is 11.6. The van der Waals surface area contributed by atoms with Crippen molar-refractivity contribution in [2.24, 2.45) is 5.73 Å². The first-order valence-electron chi connectivity index (χ1n) is 9.68. The van der Waals surface area contributed by atoms with E-state index in [2.05, 4.69) is 16.0 Å². The van der Waals surface area contributed by atoms with Crippen LogP contribution in [0.4, 0.5) is 0 Å². The summed E-state index contributed by atoms with van der Waals surface area (Å²) in [6.45, 7) is 9.15. The van der Waals surface area contributed by atoms with E-state index in [4.69, 9.17) is 19.9 Å². The molecular formula is C18H38N4O6. The fourth-order valence-corrected chi connectivity index (χ4v) is 1.86. The number of hydrogen-bond acceptors (Lipinski definition) is 7. The fourth-order valence-electron chi connectivity index (χ4n) is 1.86. The van der Waals surface area contributed by atoms with Gasteiger partial charge in [0.15, 0.2) is 0 Å². The average molecular weight is 407 g/mol. The largest absolute Gasteiger partial charge is 0.379 e. The molecule has 0 saturated carbocycles. The highest BCUT2D eigenvalue weighted by atomic mass is 16.5. The van der Waals surface area contributed by atoms with E-state index in [1.54, 1.807) is 0 Å². The van der Waals surface area contributed by atoms with E-state index in [9.17, 15) is 14.4 Å². The number of ether oxygens (including phenoxy) is 3. The zero-order chi connectivity index (χ0) is 21.6. The maximum Gasteiger partial charge on any atom is 0.240 e. The van der Waals surface area contributed by atoms with Gasteiger partial charge in [-0.3, -0.25) is 14.4 Å². The summed E-state index contributed by atoms with van der Waals surface area (Å²) >= 11 is 0. The number of nitrogens with one attached hydrogen (secondary N) is 3. The number of hydrogen-bond donors (Lipinski definition) is 4. The fraction of sp³-hybridized carbons (Fsp3) is 0.833. The summed E-state index contributed by atoms with van der Waals surface area (Å²) in [7, 11) is 1.86. The van der Waals surface area contributed by atoms with Crippen LogP contribution in [0.1, 0.15) is 33.6 Å². The van der Waals surface area contributed by atoms with Crippen LogP contribution in [0, 0.1) is 0 Å². The Hall–Kier alpha value is -1.75. The van der Waals surface area contributed by atoms with Crippen LogP contribution in [-0.2, 0) is 28.6 Å². The average Bonchev–Trinajstić information content (AvgIpc) is 2.66. The van der Waals surface area contributed by atoms with Crippen LogP contribution >= 0.6 is 0 Å². The Morgan fingerprint density at radius 2 is 1.43 bits per heavy atom. The molecule has 0 aromatic heterocycles. The molecule has 10 nitrogen and oxygen atoms in total. The summed E-state index contributed by atoms with van der Waals surface area (Å²) in [4.78, 5) is 33.7. The topological polar surface area (TPSA) is 141 Å². The molecule has 10 heteroatoms. The number of primary amides is 1. The molecule has 5 N–H and O–H groups in total. The van der Waals surface area contributed by atoms with E-state index in [1.807, 2.05) is 20.9 Å². The van der Waals surface area contributed by atoms with Gasteiger partial charge >= 0.3 is 0 Å². The van der Waals surface area contributed by atoms with E-state index >= 15 is 0 Å². The zero-order valence-electron chi connectivity index (χ0n) is 17.7. The molecule has 3 amide bonds. The van der Waals surface area contributed by atoms with Crippen molar-refractivity contribution >= 4 is 17.7 Å². The minimum Gasteiger partial charge on any atom is -0.379 e. The molecule has 1 atom stereocenters. The van der Waals surface area contributed by atoms with E-state index in [0.717, 1.165) is 6.54 Å². The van der Waals surface area contributed by atoms with Crippen molar-refractivity contribution in [3.8, 4) is 0 Å². The summed E-state index contributed by atoms with van der Waals surface area (Å²) in [5.74, 6) is -1.18. The van der Waals surface area contributed by atoms with Gasteiger partial charge in [0.1, 0.15) is 6.04 Å². The molecule has 0 aliphatic rings. The molecule has 0 saturated heterocycles. The SMILES string of the molecule is CC.CNCCOCCOCCOCCC(=O)NCCC(NC(C)=O)C(N)=O. The molecule has 0 aromatic carbocycles. The van der Waals surface area contributed by atoms with Gasteiger partial charge in [0, 0.05) is 26.4 Å². The second-order valence-electron chi connectivity index (χ2n) is 5.48. The molecule has 1 unspecified atom stereocenters. The van der Waals surface area contributed by atoms with Gasteiger partial charge in [-0.2, -0.15) is 0 Å². The van der Waals surface area contributed by atoms with E-state index in [-0.39, 0.29) is 37.8 Å². The molecule has 0 fully saturated rings. The monoisotopic (exact) mass is 406 g/mol. The second kappa shape index (κ2) is 21.5. The van der Waals surface area contributed by atoms with Gasteiger partial charge in [-0.25, -0.2) is 0 Å². The zero-order valence-corrected chi connectivity index (χ0v) is 17.7. The molecule has 0 bridgehead atoms. The predicted molar refractivity (Wildman–Crippen MR) is 107 cm³/mol. The Kier molecular flexibility index (Phi) is 21.9. The summed E-state index contributed by atoms with van der Waals surface area (Å²) in [5, 5.41) is 8.05. The lowest BCUT2D eigenvalue weighted by Gasteiger charge is -2.14. The Morgan fingerprint density at radius 3 is 1.93 bits per heavy atom. The Bertz CT molecular complexity index is 410.